The van der Waals surface area contributed by atoms with Crippen molar-refractivity contribution in [3.63, 3.8) is 0 Å². The zero-order valence-electron chi connectivity index (χ0n) is 13.3. The number of fused-ring (bicyclic) bond motifs is 1. The number of rotatable bonds is 4. The smallest absolute Gasteiger partial charge is 0.187 e. The van der Waals surface area contributed by atoms with Crippen LogP contribution >= 0.6 is 11.3 Å². The number of Topliss-reactive ketones (excluding diaryl/α,β-unsaturated/α-hetero) is 1. The zero-order valence-corrected chi connectivity index (χ0v) is 14.1. The zero-order chi connectivity index (χ0) is 16.5. The molecule has 1 aliphatic heterocycles. The fourth-order valence-corrected chi connectivity index (χ4v) is 3.63. The molecule has 1 fully saturated rings. The molecule has 0 bridgehead atoms. The van der Waals surface area contributed by atoms with Gasteiger partial charge in [0.25, 0.3) is 0 Å². The van der Waals surface area contributed by atoms with Crippen LogP contribution in [0.4, 0.5) is 15.8 Å². The Morgan fingerprint density at radius 1 is 1.25 bits per heavy atom. The van der Waals surface area contributed by atoms with Crippen molar-refractivity contribution < 1.29 is 4.79 Å². The number of carbonyl (C=O) groups is 1. The van der Waals surface area contributed by atoms with Crippen LogP contribution in [0.15, 0.2) is 40.7 Å². The third-order valence-electron chi connectivity index (χ3n) is 4.11. The lowest BCUT2D eigenvalue weighted by molar-refractivity contribution is 0.101. The molecular weight excluding hydrogens is 322 g/mol. The molecule has 0 atom stereocenters. The van der Waals surface area contributed by atoms with Crippen LogP contribution in [0.2, 0.25) is 0 Å². The number of hydrogen-bond donors (Lipinski definition) is 1. The van der Waals surface area contributed by atoms with Crippen LogP contribution < -0.4 is 4.90 Å². The molecule has 6 nitrogen and oxygen atoms in total. The number of aromatic amines is 1. The second-order valence-electron chi connectivity index (χ2n) is 5.89. The lowest BCUT2D eigenvalue weighted by Crippen LogP contribution is -2.16. The third kappa shape index (κ3) is 2.94. The molecule has 1 aliphatic rings. The van der Waals surface area contributed by atoms with Gasteiger partial charge in [0.05, 0.1) is 17.6 Å². The Balaban J connectivity index is 1.54. The van der Waals surface area contributed by atoms with Crippen LogP contribution in [0.5, 0.6) is 0 Å². The molecule has 1 aromatic carbocycles. The first kappa shape index (κ1) is 15.0. The topological polar surface area (TPSA) is 73.7 Å². The van der Waals surface area contributed by atoms with E-state index in [0.717, 1.165) is 39.8 Å². The van der Waals surface area contributed by atoms with Crippen molar-refractivity contribution in [3.05, 3.63) is 36.2 Å². The summed E-state index contributed by atoms with van der Waals surface area (Å²) < 4.78 is 0. The minimum absolute atomic E-state index is 0.0217. The Bertz CT molecular complexity index is 920. The minimum atomic E-state index is 0.0217. The summed E-state index contributed by atoms with van der Waals surface area (Å²) in [7, 11) is 0. The van der Waals surface area contributed by atoms with Crippen LogP contribution in [0.1, 0.15) is 30.3 Å². The first-order chi connectivity index (χ1) is 11.7. The molecular formula is C17H17N5OS. The summed E-state index contributed by atoms with van der Waals surface area (Å²) in [5, 5.41) is 11.4. The number of benzene rings is 1. The van der Waals surface area contributed by atoms with Crippen molar-refractivity contribution in [2.24, 2.45) is 10.2 Å². The summed E-state index contributed by atoms with van der Waals surface area (Å²) in [6.45, 7) is 3.70. The molecule has 0 amide bonds. The van der Waals surface area contributed by atoms with Gasteiger partial charge in [0.2, 0.25) is 0 Å². The summed E-state index contributed by atoms with van der Waals surface area (Å²) >= 11 is 1.56. The van der Waals surface area contributed by atoms with E-state index in [1.165, 1.54) is 12.8 Å². The Morgan fingerprint density at radius 2 is 2.08 bits per heavy atom. The molecule has 0 spiro atoms. The van der Waals surface area contributed by atoms with E-state index in [0.29, 0.717) is 5.69 Å². The molecule has 2 aromatic heterocycles. The van der Waals surface area contributed by atoms with E-state index >= 15 is 0 Å². The van der Waals surface area contributed by atoms with E-state index < -0.39 is 0 Å². The van der Waals surface area contributed by atoms with Crippen molar-refractivity contribution in [2.45, 2.75) is 19.8 Å². The fraction of sp³-hybridized carbons (Fsp3) is 0.294. The van der Waals surface area contributed by atoms with E-state index in [1.54, 1.807) is 24.5 Å². The average Bonchev–Trinajstić information content (AvgIpc) is 3.30. The van der Waals surface area contributed by atoms with E-state index in [9.17, 15) is 4.79 Å². The molecule has 7 heteroatoms. The number of hydrogen-bond acceptors (Lipinski definition) is 6. The van der Waals surface area contributed by atoms with Crippen molar-refractivity contribution in [1.29, 1.82) is 0 Å². The highest BCUT2D eigenvalue weighted by Crippen LogP contribution is 2.32. The number of nitrogens with zero attached hydrogens (tertiary/aromatic N) is 4. The van der Waals surface area contributed by atoms with Crippen LogP contribution in [-0.2, 0) is 0 Å². The largest absolute Gasteiger partial charge is 0.352 e. The summed E-state index contributed by atoms with van der Waals surface area (Å²) in [6, 6.07) is 7.56. The van der Waals surface area contributed by atoms with Gasteiger partial charge in [-0.25, -0.2) is 4.98 Å². The highest BCUT2D eigenvalue weighted by atomic mass is 32.1. The van der Waals surface area contributed by atoms with Crippen molar-refractivity contribution in [3.8, 4) is 0 Å². The first-order valence-corrected chi connectivity index (χ1v) is 8.77. The number of H-pyrrole nitrogens is 1. The van der Waals surface area contributed by atoms with Crippen molar-refractivity contribution in [1.82, 2.24) is 9.97 Å². The van der Waals surface area contributed by atoms with E-state index in [4.69, 9.17) is 0 Å². The molecule has 3 aromatic rings. The highest BCUT2D eigenvalue weighted by Gasteiger charge is 2.15. The number of thiazole rings is 1. The molecule has 1 saturated heterocycles. The molecule has 4 rings (SSSR count). The Morgan fingerprint density at radius 3 is 2.88 bits per heavy atom. The van der Waals surface area contributed by atoms with Gasteiger partial charge < -0.3 is 9.88 Å². The molecule has 0 saturated carbocycles. The van der Waals surface area contributed by atoms with Gasteiger partial charge in [0, 0.05) is 30.9 Å². The Kier molecular flexibility index (Phi) is 3.86. The van der Waals surface area contributed by atoms with Gasteiger partial charge in [0.15, 0.2) is 15.9 Å². The van der Waals surface area contributed by atoms with Crippen LogP contribution in [0.25, 0.3) is 10.9 Å². The van der Waals surface area contributed by atoms with Gasteiger partial charge in [-0.1, -0.05) is 11.3 Å². The maximum Gasteiger partial charge on any atom is 0.187 e. The maximum atomic E-state index is 11.4. The molecule has 0 unspecified atom stereocenters. The summed E-state index contributed by atoms with van der Waals surface area (Å²) in [6.07, 6.45) is 4.23. The van der Waals surface area contributed by atoms with Crippen molar-refractivity contribution >= 4 is 43.8 Å². The van der Waals surface area contributed by atoms with Crippen LogP contribution in [-0.4, -0.2) is 28.8 Å². The predicted octanol–water partition coefficient (Wildman–Crippen LogP) is 4.84. The van der Waals surface area contributed by atoms with Gasteiger partial charge in [-0.3, -0.25) is 4.79 Å². The summed E-state index contributed by atoms with van der Waals surface area (Å²) in [5.41, 5.74) is 2.29. The third-order valence-corrected chi connectivity index (χ3v) is 5.05. The van der Waals surface area contributed by atoms with E-state index in [2.05, 4.69) is 25.1 Å². The molecule has 0 aliphatic carbocycles. The van der Waals surface area contributed by atoms with E-state index in [-0.39, 0.29) is 5.78 Å². The molecule has 0 radical (unpaired) electrons. The number of aromatic nitrogens is 2. The average molecular weight is 339 g/mol. The predicted molar refractivity (Wildman–Crippen MR) is 96.0 cm³/mol. The highest BCUT2D eigenvalue weighted by molar-refractivity contribution is 7.19. The number of ketones is 1. The molecule has 1 N–H and O–H groups in total. The first-order valence-electron chi connectivity index (χ1n) is 7.95. The Labute approximate surface area is 143 Å². The van der Waals surface area contributed by atoms with Gasteiger partial charge >= 0.3 is 0 Å². The standard InChI is InChI=1S/C17H17N5OS/c1-11(23)15-9-12-8-13(4-5-14(12)19-15)20-21-16-10-18-17(24-16)22-6-2-3-7-22/h4-5,8-10,19H,2-3,6-7H2,1H3. The lowest BCUT2D eigenvalue weighted by Gasteiger charge is -2.11. The monoisotopic (exact) mass is 339 g/mol. The number of anilines is 1. The van der Waals surface area contributed by atoms with Gasteiger partial charge in [-0.15, -0.1) is 10.2 Å². The molecule has 24 heavy (non-hydrogen) atoms. The second-order valence-corrected chi connectivity index (χ2v) is 6.87. The second kappa shape index (κ2) is 6.16. The Hall–Kier alpha value is -2.54. The van der Waals surface area contributed by atoms with Crippen LogP contribution in [0, 0.1) is 0 Å². The van der Waals surface area contributed by atoms with Gasteiger partial charge in [-0.05, 0) is 37.1 Å². The number of azo groups is 1. The quantitative estimate of drug-likeness (QED) is 0.546. The lowest BCUT2D eigenvalue weighted by atomic mass is 10.2. The molecule has 3 heterocycles. The molecule has 122 valence electrons. The van der Waals surface area contributed by atoms with Crippen LogP contribution in [0.3, 0.4) is 0 Å². The van der Waals surface area contributed by atoms with E-state index in [1.807, 2.05) is 24.3 Å². The maximum absolute atomic E-state index is 11.4. The summed E-state index contributed by atoms with van der Waals surface area (Å²) in [4.78, 5) is 21.3. The summed E-state index contributed by atoms with van der Waals surface area (Å²) in [5.74, 6) is 0.0217. The number of carbonyl (C=O) groups excluding carboxylic acids is 1. The van der Waals surface area contributed by atoms with Gasteiger partial charge in [-0.2, -0.15) is 0 Å². The number of nitrogens with one attached hydrogen (secondary N) is 1. The van der Waals surface area contributed by atoms with Crippen molar-refractivity contribution in [2.75, 3.05) is 18.0 Å². The SMILES string of the molecule is CC(=O)c1cc2cc(N=Nc3cnc(N4CCCC4)s3)ccc2[nH]1. The fourth-order valence-electron chi connectivity index (χ4n) is 2.84. The normalized spacial score (nSPS) is 15.0. The van der Waals surface area contributed by atoms with Gasteiger partial charge in [0.1, 0.15) is 0 Å². The minimum Gasteiger partial charge on any atom is -0.352 e.